The molecule has 0 aromatic carbocycles. The third-order valence-corrected chi connectivity index (χ3v) is 6.88. The molecule has 108 valence electrons. The van der Waals surface area contributed by atoms with Crippen LogP contribution in [0.15, 0.2) is 0 Å². The van der Waals surface area contributed by atoms with Crippen LogP contribution in [0.4, 0.5) is 0 Å². The molecular weight excluding hydrogens is 236 g/mol. The zero-order valence-corrected chi connectivity index (χ0v) is 12.9. The van der Waals surface area contributed by atoms with Crippen molar-refractivity contribution in [1.29, 1.82) is 0 Å². The highest BCUT2D eigenvalue weighted by atomic mass is 16.6. The standard InChI is InChI=1S/C17H28O2/c1-12-6-7-13-15(2,3)9-5-10-16(13,4)17(12)11-8-14(18)19-17/h12-13H,5-11H2,1-4H3/t12-,13+,16+,17-/m0/s1. The fraction of sp³-hybridized carbons (Fsp3) is 0.941. The Morgan fingerprint density at radius 2 is 1.84 bits per heavy atom. The van der Waals surface area contributed by atoms with E-state index >= 15 is 0 Å². The molecule has 19 heavy (non-hydrogen) atoms. The average Bonchev–Trinajstić information content (AvgIpc) is 2.69. The quantitative estimate of drug-likeness (QED) is 0.609. The molecule has 2 nitrogen and oxygen atoms in total. The van der Waals surface area contributed by atoms with E-state index in [-0.39, 0.29) is 17.0 Å². The van der Waals surface area contributed by atoms with Gasteiger partial charge in [-0.25, -0.2) is 0 Å². The van der Waals surface area contributed by atoms with Crippen molar-refractivity contribution in [2.24, 2.45) is 22.7 Å². The lowest BCUT2D eigenvalue weighted by Crippen LogP contribution is -2.62. The highest BCUT2D eigenvalue weighted by molar-refractivity contribution is 5.72. The van der Waals surface area contributed by atoms with Crippen LogP contribution in [0.1, 0.15) is 72.6 Å². The smallest absolute Gasteiger partial charge is 0.306 e. The van der Waals surface area contributed by atoms with E-state index in [2.05, 4.69) is 27.7 Å². The summed E-state index contributed by atoms with van der Waals surface area (Å²) in [6.07, 6.45) is 7.96. The normalized spacial score (nSPS) is 48.9. The maximum absolute atomic E-state index is 11.8. The van der Waals surface area contributed by atoms with E-state index in [0.29, 0.717) is 23.7 Å². The number of hydrogen-bond acceptors (Lipinski definition) is 2. The van der Waals surface area contributed by atoms with Gasteiger partial charge in [-0.3, -0.25) is 4.79 Å². The molecule has 0 bridgehead atoms. The molecule has 4 atom stereocenters. The van der Waals surface area contributed by atoms with Crippen LogP contribution in [-0.4, -0.2) is 11.6 Å². The van der Waals surface area contributed by atoms with Crippen molar-refractivity contribution >= 4 is 5.97 Å². The Hall–Kier alpha value is -0.530. The number of carbonyl (C=O) groups is 1. The van der Waals surface area contributed by atoms with Gasteiger partial charge in [-0.1, -0.05) is 34.1 Å². The van der Waals surface area contributed by atoms with Gasteiger partial charge in [0.2, 0.25) is 0 Å². The molecule has 3 aliphatic rings. The molecule has 2 aliphatic carbocycles. The predicted molar refractivity (Wildman–Crippen MR) is 75.7 cm³/mol. The predicted octanol–water partition coefficient (Wildman–Crippen LogP) is 4.32. The summed E-state index contributed by atoms with van der Waals surface area (Å²) in [5, 5.41) is 0. The maximum Gasteiger partial charge on any atom is 0.306 e. The Kier molecular flexibility index (Phi) is 2.82. The first-order chi connectivity index (χ1) is 8.82. The maximum atomic E-state index is 11.8. The van der Waals surface area contributed by atoms with E-state index in [1.165, 1.54) is 32.1 Å². The van der Waals surface area contributed by atoms with E-state index in [4.69, 9.17) is 4.74 Å². The second-order valence-corrected chi connectivity index (χ2v) is 8.15. The highest BCUT2D eigenvalue weighted by Gasteiger charge is 2.65. The van der Waals surface area contributed by atoms with E-state index in [9.17, 15) is 4.79 Å². The summed E-state index contributed by atoms with van der Waals surface area (Å²) in [4.78, 5) is 11.8. The zero-order chi connectivity index (χ0) is 13.9. The first kappa shape index (κ1) is 13.5. The van der Waals surface area contributed by atoms with Gasteiger partial charge >= 0.3 is 5.97 Å². The zero-order valence-electron chi connectivity index (χ0n) is 12.9. The van der Waals surface area contributed by atoms with Crippen LogP contribution in [0.25, 0.3) is 0 Å². The average molecular weight is 264 g/mol. The lowest BCUT2D eigenvalue weighted by Gasteiger charge is -2.62. The van der Waals surface area contributed by atoms with Gasteiger partial charge in [0.05, 0.1) is 0 Å². The molecule has 1 heterocycles. The molecule has 0 unspecified atom stereocenters. The van der Waals surface area contributed by atoms with Gasteiger partial charge < -0.3 is 4.74 Å². The fourth-order valence-electron chi connectivity index (χ4n) is 5.89. The van der Waals surface area contributed by atoms with Crippen LogP contribution >= 0.6 is 0 Å². The Bertz CT molecular complexity index is 400. The minimum Gasteiger partial charge on any atom is -0.458 e. The minimum absolute atomic E-state index is 0.0390. The minimum atomic E-state index is -0.162. The van der Waals surface area contributed by atoms with Crippen LogP contribution in [0.5, 0.6) is 0 Å². The number of esters is 1. The third kappa shape index (κ3) is 1.64. The Morgan fingerprint density at radius 3 is 2.47 bits per heavy atom. The SMILES string of the molecule is C[C@H]1CC[C@@H]2C(C)(C)CCC[C@@]2(C)[C@]12CCC(=O)O2. The molecule has 0 N–H and O–H groups in total. The molecule has 1 spiro atoms. The van der Waals surface area contributed by atoms with Crippen molar-refractivity contribution in [3.8, 4) is 0 Å². The van der Waals surface area contributed by atoms with Crippen LogP contribution in [0.2, 0.25) is 0 Å². The largest absolute Gasteiger partial charge is 0.458 e. The summed E-state index contributed by atoms with van der Waals surface area (Å²) in [6.45, 7) is 9.58. The van der Waals surface area contributed by atoms with Crippen LogP contribution < -0.4 is 0 Å². The molecule has 0 aromatic rings. The summed E-state index contributed by atoms with van der Waals surface area (Å²) in [5.41, 5.74) is 0.429. The van der Waals surface area contributed by atoms with E-state index in [1.54, 1.807) is 0 Å². The lowest BCUT2D eigenvalue weighted by atomic mass is 9.44. The first-order valence-corrected chi connectivity index (χ1v) is 8.04. The lowest BCUT2D eigenvalue weighted by molar-refractivity contribution is -0.215. The van der Waals surface area contributed by atoms with Gasteiger partial charge in [-0.05, 0) is 49.4 Å². The summed E-state index contributed by atoms with van der Waals surface area (Å²) in [7, 11) is 0. The molecule has 2 saturated carbocycles. The van der Waals surface area contributed by atoms with Gasteiger partial charge in [-0.2, -0.15) is 0 Å². The van der Waals surface area contributed by atoms with Crippen molar-refractivity contribution in [2.75, 3.05) is 0 Å². The number of fused-ring (bicyclic) bond motifs is 2. The fourth-order valence-corrected chi connectivity index (χ4v) is 5.89. The van der Waals surface area contributed by atoms with E-state index in [1.807, 2.05) is 0 Å². The molecule has 0 amide bonds. The molecule has 1 saturated heterocycles. The summed E-state index contributed by atoms with van der Waals surface area (Å²) in [6, 6.07) is 0. The van der Waals surface area contributed by atoms with Crippen molar-refractivity contribution in [3.63, 3.8) is 0 Å². The summed E-state index contributed by atoms with van der Waals surface area (Å²) >= 11 is 0. The van der Waals surface area contributed by atoms with Crippen molar-refractivity contribution in [2.45, 2.75) is 78.2 Å². The number of rotatable bonds is 0. The molecule has 3 rings (SSSR count). The Balaban J connectivity index is 2.05. The van der Waals surface area contributed by atoms with Gasteiger partial charge in [0.1, 0.15) is 5.60 Å². The van der Waals surface area contributed by atoms with Crippen LogP contribution in [0, 0.1) is 22.7 Å². The molecule has 0 radical (unpaired) electrons. The number of carbonyl (C=O) groups excluding carboxylic acids is 1. The van der Waals surface area contributed by atoms with Gasteiger partial charge in [0, 0.05) is 11.8 Å². The van der Waals surface area contributed by atoms with Crippen LogP contribution in [0.3, 0.4) is 0 Å². The van der Waals surface area contributed by atoms with E-state index < -0.39 is 0 Å². The van der Waals surface area contributed by atoms with Gasteiger partial charge in [-0.15, -0.1) is 0 Å². The van der Waals surface area contributed by atoms with Crippen molar-refractivity contribution in [1.82, 2.24) is 0 Å². The Labute approximate surface area is 117 Å². The summed E-state index contributed by atoms with van der Waals surface area (Å²) < 4.78 is 6.03. The van der Waals surface area contributed by atoms with Crippen molar-refractivity contribution in [3.05, 3.63) is 0 Å². The summed E-state index contributed by atoms with van der Waals surface area (Å²) in [5.74, 6) is 1.27. The molecular formula is C17H28O2. The molecule has 2 heteroatoms. The third-order valence-electron chi connectivity index (χ3n) is 6.88. The number of ether oxygens (including phenoxy) is 1. The highest BCUT2D eigenvalue weighted by Crippen LogP contribution is 2.65. The van der Waals surface area contributed by atoms with Crippen molar-refractivity contribution < 1.29 is 9.53 Å². The first-order valence-electron chi connectivity index (χ1n) is 8.04. The molecule has 1 aliphatic heterocycles. The molecule has 0 aromatic heterocycles. The van der Waals surface area contributed by atoms with Crippen LogP contribution in [-0.2, 0) is 9.53 Å². The van der Waals surface area contributed by atoms with E-state index in [0.717, 1.165) is 6.42 Å². The van der Waals surface area contributed by atoms with Gasteiger partial charge in [0.25, 0.3) is 0 Å². The second kappa shape index (κ2) is 3.99. The number of hydrogen-bond donors (Lipinski definition) is 0. The Morgan fingerprint density at radius 1 is 1.11 bits per heavy atom. The van der Waals surface area contributed by atoms with Gasteiger partial charge in [0.15, 0.2) is 0 Å². The topological polar surface area (TPSA) is 26.3 Å². The molecule has 3 fully saturated rings. The second-order valence-electron chi connectivity index (χ2n) is 8.15. The monoisotopic (exact) mass is 264 g/mol.